The van der Waals surface area contributed by atoms with Crippen LogP contribution in [0.2, 0.25) is 0 Å². The van der Waals surface area contributed by atoms with Crippen LogP contribution in [0.4, 0.5) is 9.59 Å². The third-order valence-corrected chi connectivity index (χ3v) is 5.61. The lowest BCUT2D eigenvalue weighted by Crippen LogP contribution is -2.50. The second-order valence-electron chi connectivity index (χ2n) is 9.38. The van der Waals surface area contributed by atoms with Crippen LogP contribution in [0, 0.1) is 0 Å². The first-order valence-corrected chi connectivity index (χ1v) is 11.7. The SMILES string of the molecule is CC(C)(C)OC(=O)N1C[C@@H]2C[C@H]1CN2CCOCCOCCNC(=O)OCc1ccccc1. The first-order valence-electron chi connectivity index (χ1n) is 11.7. The zero-order chi connectivity index (χ0) is 23.7. The van der Waals surface area contributed by atoms with E-state index >= 15 is 0 Å². The highest BCUT2D eigenvalue weighted by molar-refractivity contribution is 5.69. The summed E-state index contributed by atoms with van der Waals surface area (Å²) in [5, 5.41) is 2.66. The maximum atomic E-state index is 12.3. The van der Waals surface area contributed by atoms with Crippen LogP contribution in [-0.2, 0) is 25.6 Å². The molecule has 2 saturated heterocycles. The zero-order valence-corrected chi connectivity index (χ0v) is 20.0. The summed E-state index contributed by atoms with van der Waals surface area (Å²) in [6.07, 6.45) is 0.342. The normalized spacial score (nSPS) is 20.2. The van der Waals surface area contributed by atoms with Gasteiger partial charge in [0, 0.05) is 38.3 Å². The van der Waals surface area contributed by atoms with Crippen LogP contribution in [0.25, 0.3) is 0 Å². The van der Waals surface area contributed by atoms with E-state index in [2.05, 4.69) is 10.2 Å². The molecule has 9 nitrogen and oxygen atoms in total. The Morgan fingerprint density at radius 3 is 2.39 bits per heavy atom. The van der Waals surface area contributed by atoms with Crippen LogP contribution in [0.15, 0.2) is 30.3 Å². The molecule has 184 valence electrons. The van der Waals surface area contributed by atoms with E-state index in [1.54, 1.807) is 0 Å². The van der Waals surface area contributed by atoms with Crippen LogP contribution in [-0.4, -0.2) is 92.3 Å². The van der Waals surface area contributed by atoms with E-state index in [1.807, 2.05) is 56.0 Å². The predicted molar refractivity (Wildman–Crippen MR) is 123 cm³/mol. The van der Waals surface area contributed by atoms with Crippen molar-refractivity contribution in [3.05, 3.63) is 35.9 Å². The monoisotopic (exact) mass is 463 g/mol. The summed E-state index contributed by atoms with van der Waals surface area (Å²) in [4.78, 5) is 28.2. The summed E-state index contributed by atoms with van der Waals surface area (Å²) < 4.78 is 21.8. The Labute approximate surface area is 196 Å². The quantitative estimate of drug-likeness (QED) is 0.505. The molecule has 2 heterocycles. The third kappa shape index (κ3) is 8.49. The van der Waals surface area contributed by atoms with Gasteiger partial charge in [0.15, 0.2) is 0 Å². The second-order valence-corrected chi connectivity index (χ2v) is 9.38. The van der Waals surface area contributed by atoms with Crippen molar-refractivity contribution in [3.63, 3.8) is 0 Å². The van der Waals surface area contributed by atoms with Crippen LogP contribution in [0.3, 0.4) is 0 Å². The number of alkyl carbamates (subject to hydrolysis) is 1. The largest absolute Gasteiger partial charge is 0.445 e. The molecule has 1 aromatic carbocycles. The molecule has 3 rings (SSSR count). The van der Waals surface area contributed by atoms with Crippen molar-refractivity contribution in [2.45, 2.75) is 51.5 Å². The molecular weight excluding hydrogens is 426 g/mol. The average molecular weight is 464 g/mol. The van der Waals surface area contributed by atoms with Gasteiger partial charge in [0.05, 0.1) is 26.4 Å². The van der Waals surface area contributed by atoms with Crippen molar-refractivity contribution in [1.82, 2.24) is 15.1 Å². The van der Waals surface area contributed by atoms with Gasteiger partial charge in [-0.1, -0.05) is 30.3 Å². The molecule has 1 aromatic rings. The molecule has 0 spiro atoms. The molecule has 0 unspecified atom stereocenters. The fraction of sp³-hybridized carbons (Fsp3) is 0.667. The summed E-state index contributed by atoms with van der Waals surface area (Å²) in [6, 6.07) is 10.2. The van der Waals surface area contributed by atoms with E-state index in [9.17, 15) is 9.59 Å². The lowest BCUT2D eigenvalue weighted by Gasteiger charge is -2.35. The summed E-state index contributed by atoms with van der Waals surface area (Å²) in [5.41, 5.74) is 0.485. The van der Waals surface area contributed by atoms with Gasteiger partial charge in [0.25, 0.3) is 0 Å². The number of ether oxygens (including phenoxy) is 4. The van der Waals surface area contributed by atoms with Gasteiger partial charge in [-0.15, -0.1) is 0 Å². The van der Waals surface area contributed by atoms with Gasteiger partial charge in [-0.25, -0.2) is 9.59 Å². The minimum Gasteiger partial charge on any atom is -0.445 e. The van der Waals surface area contributed by atoms with E-state index < -0.39 is 11.7 Å². The molecule has 2 aliphatic heterocycles. The van der Waals surface area contributed by atoms with Crippen LogP contribution >= 0.6 is 0 Å². The lowest BCUT2D eigenvalue weighted by molar-refractivity contribution is 0.00719. The van der Waals surface area contributed by atoms with Crippen molar-refractivity contribution in [2.24, 2.45) is 0 Å². The molecular formula is C24H37N3O6. The Balaban J connectivity index is 1.15. The highest BCUT2D eigenvalue weighted by Gasteiger charge is 2.46. The number of amides is 2. The number of hydrogen-bond acceptors (Lipinski definition) is 7. The highest BCUT2D eigenvalue weighted by Crippen LogP contribution is 2.31. The molecule has 0 aliphatic carbocycles. The number of likely N-dealkylation sites (tertiary alicyclic amines) is 2. The van der Waals surface area contributed by atoms with Gasteiger partial charge in [-0.3, -0.25) is 4.90 Å². The molecule has 2 atom stereocenters. The Morgan fingerprint density at radius 2 is 1.73 bits per heavy atom. The smallest absolute Gasteiger partial charge is 0.410 e. The van der Waals surface area contributed by atoms with E-state index in [4.69, 9.17) is 18.9 Å². The molecule has 2 aliphatic rings. The molecule has 9 heteroatoms. The molecule has 33 heavy (non-hydrogen) atoms. The summed E-state index contributed by atoms with van der Waals surface area (Å²) in [6.45, 7) is 10.8. The molecule has 2 bridgehead atoms. The molecule has 2 fully saturated rings. The number of benzene rings is 1. The zero-order valence-electron chi connectivity index (χ0n) is 20.0. The van der Waals surface area contributed by atoms with Crippen molar-refractivity contribution < 1.29 is 28.5 Å². The second kappa shape index (κ2) is 12.2. The van der Waals surface area contributed by atoms with Gasteiger partial charge < -0.3 is 29.2 Å². The molecule has 0 saturated carbocycles. The average Bonchev–Trinajstić information content (AvgIpc) is 3.37. The van der Waals surface area contributed by atoms with Gasteiger partial charge in [0.1, 0.15) is 12.2 Å². The lowest BCUT2D eigenvalue weighted by atomic mass is 10.2. The van der Waals surface area contributed by atoms with Gasteiger partial charge >= 0.3 is 12.2 Å². The Hall–Kier alpha value is -2.36. The molecule has 0 radical (unpaired) electrons. The van der Waals surface area contributed by atoms with Gasteiger partial charge in [-0.05, 0) is 32.8 Å². The number of nitrogens with zero attached hydrogens (tertiary/aromatic N) is 2. The number of carbonyl (C=O) groups is 2. The van der Waals surface area contributed by atoms with Crippen LogP contribution < -0.4 is 5.32 Å². The first kappa shape index (κ1) is 25.3. The van der Waals surface area contributed by atoms with Crippen molar-refractivity contribution in [1.29, 1.82) is 0 Å². The summed E-state index contributed by atoms with van der Waals surface area (Å²) in [7, 11) is 0. The number of fused-ring (bicyclic) bond motifs is 2. The van der Waals surface area contributed by atoms with Crippen LogP contribution in [0.1, 0.15) is 32.8 Å². The summed E-state index contributed by atoms with van der Waals surface area (Å²) >= 11 is 0. The third-order valence-electron chi connectivity index (χ3n) is 5.61. The maximum absolute atomic E-state index is 12.3. The number of carbonyl (C=O) groups excluding carboxylic acids is 2. The van der Waals surface area contributed by atoms with Crippen molar-refractivity contribution in [2.75, 3.05) is 52.6 Å². The number of nitrogens with one attached hydrogen (secondary N) is 1. The molecule has 2 amide bonds. The molecule has 1 N–H and O–H groups in total. The van der Waals surface area contributed by atoms with Gasteiger partial charge in [0.2, 0.25) is 0 Å². The first-order chi connectivity index (χ1) is 15.8. The molecule has 0 aromatic heterocycles. The Kier molecular flexibility index (Phi) is 9.34. The minimum absolute atomic E-state index is 0.206. The minimum atomic E-state index is -0.462. The van der Waals surface area contributed by atoms with Crippen LogP contribution in [0.5, 0.6) is 0 Å². The Bertz CT molecular complexity index is 754. The highest BCUT2D eigenvalue weighted by atomic mass is 16.6. The summed E-state index contributed by atoms with van der Waals surface area (Å²) in [5.74, 6) is 0. The van der Waals surface area contributed by atoms with E-state index in [0.29, 0.717) is 39.0 Å². The topological polar surface area (TPSA) is 89.6 Å². The fourth-order valence-electron chi connectivity index (χ4n) is 4.07. The number of rotatable bonds is 11. The van der Waals surface area contributed by atoms with Crippen molar-refractivity contribution >= 4 is 12.2 Å². The van der Waals surface area contributed by atoms with E-state index in [0.717, 1.165) is 31.6 Å². The fourth-order valence-corrected chi connectivity index (χ4v) is 4.07. The standard InChI is InChI=1S/C24H37N3O6/c1-24(2,3)33-23(29)27-17-20-15-21(27)16-26(20)10-12-31-14-13-30-11-9-25-22(28)32-18-19-7-5-4-6-8-19/h4-8,20-21H,9-18H2,1-3H3,(H,25,28)/t20-,21-/m0/s1. The van der Waals surface area contributed by atoms with E-state index in [-0.39, 0.29) is 18.7 Å². The Morgan fingerprint density at radius 1 is 1.00 bits per heavy atom. The van der Waals surface area contributed by atoms with Gasteiger partial charge in [-0.2, -0.15) is 0 Å². The predicted octanol–water partition coefficient (Wildman–Crippen LogP) is 2.64. The van der Waals surface area contributed by atoms with Crippen molar-refractivity contribution in [3.8, 4) is 0 Å². The van der Waals surface area contributed by atoms with E-state index in [1.165, 1.54) is 0 Å². The number of piperazine rings is 1. The number of hydrogen-bond donors (Lipinski definition) is 1. The maximum Gasteiger partial charge on any atom is 0.410 e.